The Hall–Kier alpha value is -0.970. The molecule has 5 rings (SSSR count). The largest absolute Gasteiger partial charge is 0.479 e. The molecule has 13 heteroatoms. The van der Waals surface area contributed by atoms with Gasteiger partial charge in [0.25, 0.3) is 0 Å². The molecule has 0 aromatic carbocycles. The Labute approximate surface area is 239 Å². The first-order valence-corrected chi connectivity index (χ1v) is 15.0. The second-order valence-corrected chi connectivity index (χ2v) is 12.4. The van der Waals surface area contributed by atoms with Gasteiger partial charge in [0.2, 0.25) is 0 Å². The molecular weight excluding hydrogens is 544 g/mol. The van der Waals surface area contributed by atoms with Gasteiger partial charge in [0.15, 0.2) is 18.7 Å². The van der Waals surface area contributed by atoms with E-state index >= 15 is 0 Å². The summed E-state index contributed by atoms with van der Waals surface area (Å²) in [6, 6.07) is 0. The maximum absolute atomic E-state index is 12.3. The lowest BCUT2D eigenvalue weighted by Crippen LogP contribution is -2.63. The molecule has 3 saturated heterocycles. The summed E-state index contributed by atoms with van der Waals surface area (Å²) in [4.78, 5) is 12.3. The summed E-state index contributed by atoms with van der Waals surface area (Å²) in [5.41, 5.74) is -0.500. The van der Waals surface area contributed by atoms with Gasteiger partial charge in [-0.25, -0.2) is 4.79 Å². The van der Waals surface area contributed by atoms with E-state index < -0.39 is 97.7 Å². The summed E-state index contributed by atoms with van der Waals surface area (Å²) in [5, 5.41) is 62.2. The smallest absolute Gasteiger partial charge is 0.333 e. The SMILES string of the molecule is CCC1CCC[C@@H](O[C@@H]2OC(CO)[C@H](O)C3O[C@@H](C(=O)O)C4(CCCOC32)CC4)C1O[C@@H]1OC(C)[C@@H](O)C(O)[C@@H]1O. The third-order valence-corrected chi connectivity index (χ3v) is 9.72. The minimum Gasteiger partial charge on any atom is -0.479 e. The number of ether oxygens (including phenoxy) is 6. The number of aliphatic hydroxyl groups is 5. The van der Waals surface area contributed by atoms with Crippen LogP contribution in [0.15, 0.2) is 0 Å². The minimum absolute atomic E-state index is 0.0197. The van der Waals surface area contributed by atoms with E-state index in [0.717, 1.165) is 32.1 Å². The van der Waals surface area contributed by atoms with E-state index in [1.807, 2.05) is 6.92 Å². The predicted octanol–water partition coefficient (Wildman–Crippen LogP) is -0.330. The number of fused-ring (bicyclic) bond motifs is 1. The molecule has 13 nitrogen and oxygen atoms in total. The van der Waals surface area contributed by atoms with Crippen LogP contribution < -0.4 is 0 Å². The third-order valence-electron chi connectivity index (χ3n) is 9.72. The number of hydrogen-bond donors (Lipinski definition) is 6. The van der Waals surface area contributed by atoms with Crippen molar-refractivity contribution in [3.8, 4) is 0 Å². The van der Waals surface area contributed by atoms with Gasteiger partial charge in [-0.3, -0.25) is 0 Å². The zero-order valence-electron chi connectivity index (χ0n) is 23.7. The maximum atomic E-state index is 12.3. The molecule has 3 heterocycles. The van der Waals surface area contributed by atoms with Crippen LogP contribution in [0.4, 0.5) is 0 Å². The van der Waals surface area contributed by atoms with Crippen molar-refractivity contribution in [2.45, 2.75) is 145 Å². The van der Waals surface area contributed by atoms with Crippen LogP contribution in [-0.2, 0) is 33.2 Å². The molecule has 2 aliphatic carbocycles. The molecule has 3 aliphatic heterocycles. The molecule has 236 valence electrons. The first kappa shape index (κ1) is 31.5. The third kappa shape index (κ3) is 6.32. The van der Waals surface area contributed by atoms with Crippen LogP contribution in [0.2, 0.25) is 0 Å². The molecule has 41 heavy (non-hydrogen) atoms. The molecule has 5 aliphatic rings. The normalized spacial score (nSPS) is 48.5. The van der Waals surface area contributed by atoms with Crippen LogP contribution in [0, 0.1) is 11.3 Å². The Morgan fingerprint density at radius 3 is 2.29 bits per heavy atom. The highest BCUT2D eigenvalue weighted by Crippen LogP contribution is 2.55. The van der Waals surface area contributed by atoms with E-state index in [-0.39, 0.29) is 5.92 Å². The molecule has 2 saturated carbocycles. The number of carboxylic acids is 1. The van der Waals surface area contributed by atoms with Crippen LogP contribution in [0.3, 0.4) is 0 Å². The first-order chi connectivity index (χ1) is 19.6. The summed E-state index contributed by atoms with van der Waals surface area (Å²) in [5.74, 6) is -1.08. The van der Waals surface area contributed by atoms with Crippen molar-refractivity contribution < 1.29 is 63.9 Å². The molecule has 0 aromatic heterocycles. The topological polar surface area (TPSA) is 194 Å². The van der Waals surface area contributed by atoms with Gasteiger partial charge in [-0.05, 0) is 51.4 Å². The van der Waals surface area contributed by atoms with E-state index in [2.05, 4.69) is 0 Å². The molecule has 5 fully saturated rings. The van der Waals surface area contributed by atoms with Crippen molar-refractivity contribution in [2.24, 2.45) is 11.3 Å². The van der Waals surface area contributed by atoms with Gasteiger partial charge in [-0.15, -0.1) is 0 Å². The lowest BCUT2D eigenvalue weighted by molar-refractivity contribution is -0.353. The van der Waals surface area contributed by atoms with E-state index in [1.165, 1.54) is 0 Å². The Kier molecular flexibility index (Phi) is 9.93. The molecule has 7 unspecified atom stereocenters. The number of rotatable bonds is 7. The van der Waals surface area contributed by atoms with Crippen molar-refractivity contribution in [1.29, 1.82) is 0 Å². The standard InChI is InChI=1S/C28H46O13/c1-3-14-6-4-7-15(21(14)41-26-20(33)19(32)17(30)13(2)37-26)38-27-23-22(18(31)16(12-29)39-27)40-24(25(34)35)28(9-10-28)8-5-11-36-23/h13-24,26-27,29-33H,3-12H2,1-2H3,(H,34,35)/t13?,14?,15-,16?,17-,18+,19?,20+,21?,22?,23?,24+,26+,27-/m1/s1. The fourth-order valence-electron chi connectivity index (χ4n) is 7.00. The molecular formula is C28H46O13. The van der Waals surface area contributed by atoms with Crippen LogP contribution in [0.1, 0.15) is 65.2 Å². The fourth-order valence-corrected chi connectivity index (χ4v) is 7.00. The first-order valence-electron chi connectivity index (χ1n) is 15.0. The molecule has 6 N–H and O–H groups in total. The van der Waals surface area contributed by atoms with Crippen molar-refractivity contribution in [3.63, 3.8) is 0 Å². The summed E-state index contributed by atoms with van der Waals surface area (Å²) in [6.45, 7) is 3.35. The summed E-state index contributed by atoms with van der Waals surface area (Å²) in [6.07, 6.45) is -8.44. The van der Waals surface area contributed by atoms with Crippen molar-refractivity contribution in [3.05, 3.63) is 0 Å². The monoisotopic (exact) mass is 590 g/mol. The Balaban J connectivity index is 1.38. The quantitative estimate of drug-likeness (QED) is 0.226. The molecule has 0 aromatic rings. The van der Waals surface area contributed by atoms with Crippen LogP contribution in [0.25, 0.3) is 0 Å². The van der Waals surface area contributed by atoms with E-state index in [4.69, 9.17) is 28.4 Å². The molecule has 0 radical (unpaired) electrons. The van der Waals surface area contributed by atoms with Crippen LogP contribution in [0.5, 0.6) is 0 Å². The van der Waals surface area contributed by atoms with Crippen LogP contribution >= 0.6 is 0 Å². The van der Waals surface area contributed by atoms with Crippen molar-refractivity contribution in [2.75, 3.05) is 13.2 Å². The Morgan fingerprint density at radius 2 is 1.63 bits per heavy atom. The Morgan fingerprint density at radius 1 is 0.878 bits per heavy atom. The van der Waals surface area contributed by atoms with Crippen molar-refractivity contribution >= 4 is 5.97 Å². The lowest BCUT2D eigenvalue weighted by Gasteiger charge is -2.48. The fraction of sp³-hybridized carbons (Fsp3) is 0.964. The highest BCUT2D eigenvalue weighted by molar-refractivity contribution is 5.74. The number of aliphatic hydroxyl groups excluding tert-OH is 5. The van der Waals surface area contributed by atoms with Gasteiger partial charge in [0.05, 0.1) is 24.9 Å². The molecule has 14 atom stereocenters. The zero-order chi connectivity index (χ0) is 29.5. The molecule has 0 amide bonds. The van der Waals surface area contributed by atoms with E-state index in [1.54, 1.807) is 6.92 Å². The van der Waals surface area contributed by atoms with Gasteiger partial charge in [-0.2, -0.15) is 0 Å². The van der Waals surface area contributed by atoms with Gasteiger partial charge < -0.3 is 59.1 Å². The summed E-state index contributed by atoms with van der Waals surface area (Å²) >= 11 is 0. The maximum Gasteiger partial charge on any atom is 0.333 e. The molecule has 0 bridgehead atoms. The number of carboxylic acid groups (broad SMARTS) is 1. The highest BCUT2D eigenvalue weighted by atomic mass is 16.7. The van der Waals surface area contributed by atoms with E-state index in [0.29, 0.717) is 25.9 Å². The highest BCUT2D eigenvalue weighted by Gasteiger charge is 2.58. The van der Waals surface area contributed by atoms with Gasteiger partial charge in [-0.1, -0.05) is 19.8 Å². The number of carbonyl (C=O) groups is 1. The second-order valence-electron chi connectivity index (χ2n) is 12.4. The predicted molar refractivity (Wildman–Crippen MR) is 138 cm³/mol. The van der Waals surface area contributed by atoms with Gasteiger partial charge in [0, 0.05) is 12.0 Å². The lowest BCUT2D eigenvalue weighted by atomic mass is 9.82. The summed E-state index contributed by atoms with van der Waals surface area (Å²) < 4.78 is 36.8. The van der Waals surface area contributed by atoms with Gasteiger partial charge in [0.1, 0.15) is 42.7 Å². The van der Waals surface area contributed by atoms with Gasteiger partial charge >= 0.3 is 5.97 Å². The zero-order valence-corrected chi connectivity index (χ0v) is 23.7. The van der Waals surface area contributed by atoms with E-state index in [9.17, 15) is 35.4 Å². The Bertz CT molecular complexity index is 885. The number of aliphatic carboxylic acids is 1. The summed E-state index contributed by atoms with van der Waals surface area (Å²) in [7, 11) is 0. The minimum atomic E-state index is -1.47. The van der Waals surface area contributed by atoms with Crippen LogP contribution in [-0.4, -0.2) is 130 Å². The number of hydrogen-bond acceptors (Lipinski definition) is 12. The average Bonchev–Trinajstić information content (AvgIpc) is 3.72. The second kappa shape index (κ2) is 12.9. The van der Waals surface area contributed by atoms with Crippen molar-refractivity contribution in [1.82, 2.24) is 0 Å². The average molecular weight is 591 g/mol. The molecule has 1 spiro atoms.